The minimum Gasteiger partial charge on any atom is -0.389 e. The Morgan fingerprint density at radius 2 is 1.93 bits per heavy atom. The SMILES string of the molecule is Cc1nc(C(C)(C)C)ncc1C(C)O. The maximum Gasteiger partial charge on any atom is 0.133 e. The van der Waals surface area contributed by atoms with Gasteiger partial charge in [-0.3, -0.25) is 0 Å². The van der Waals surface area contributed by atoms with Gasteiger partial charge in [0, 0.05) is 22.9 Å². The number of aliphatic hydroxyl groups is 1. The Hall–Kier alpha value is -0.960. The van der Waals surface area contributed by atoms with Crippen molar-refractivity contribution in [1.82, 2.24) is 9.97 Å². The second-order valence-corrected chi connectivity index (χ2v) is 4.66. The van der Waals surface area contributed by atoms with Gasteiger partial charge in [0.25, 0.3) is 0 Å². The number of aryl methyl sites for hydroxylation is 1. The highest BCUT2D eigenvalue weighted by molar-refractivity contribution is 5.20. The van der Waals surface area contributed by atoms with Crippen molar-refractivity contribution in [3.8, 4) is 0 Å². The van der Waals surface area contributed by atoms with Gasteiger partial charge in [-0.25, -0.2) is 9.97 Å². The van der Waals surface area contributed by atoms with Gasteiger partial charge in [0.1, 0.15) is 5.82 Å². The molecule has 1 atom stereocenters. The molecule has 1 rings (SSSR count). The van der Waals surface area contributed by atoms with E-state index in [0.29, 0.717) is 0 Å². The molecule has 1 unspecified atom stereocenters. The van der Waals surface area contributed by atoms with Crippen molar-refractivity contribution in [3.05, 3.63) is 23.3 Å². The van der Waals surface area contributed by atoms with Gasteiger partial charge < -0.3 is 5.11 Å². The molecule has 0 aliphatic rings. The Labute approximate surface area is 85.2 Å². The largest absolute Gasteiger partial charge is 0.389 e. The molecule has 1 aromatic rings. The van der Waals surface area contributed by atoms with Gasteiger partial charge >= 0.3 is 0 Å². The first kappa shape index (κ1) is 11.1. The molecule has 14 heavy (non-hydrogen) atoms. The molecule has 0 bridgehead atoms. The number of hydrogen-bond donors (Lipinski definition) is 1. The van der Waals surface area contributed by atoms with Crippen molar-refractivity contribution >= 4 is 0 Å². The maximum absolute atomic E-state index is 9.42. The molecule has 1 heterocycles. The second-order valence-electron chi connectivity index (χ2n) is 4.66. The average Bonchev–Trinajstić information content (AvgIpc) is 2.01. The van der Waals surface area contributed by atoms with Crippen LogP contribution in [-0.2, 0) is 5.41 Å². The van der Waals surface area contributed by atoms with Crippen molar-refractivity contribution in [2.24, 2.45) is 0 Å². The summed E-state index contributed by atoms with van der Waals surface area (Å²) in [7, 11) is 0. The van der Waals surface area contributed by atoms with Crippen molar-refractivity contribution < 1.29 is 5.11 Å². The lowest BCUT2D eigenvalue weighted by atomic mass is 9.95. The predicted molar refractivity (Wildman–Crippen MR) is 56.1 cm³/mol. The molecule has 0 aliphatic heterocycles. The highest BCUT2D eigenvalue weighted by Gasteiger charge is 2.18. The van der Waals surface area contributed by atoms with Crippen LogP contribution in [0.2, 0.25) is 0 Å². The molecule has 0 saturated heterocycles. The second kappa shape index (κ2) is 3.65. The molecule has 0 amide bonds. The van der Waals surface area contributed by atoms with E-state index in [1.165, 1.54) is 0 Å². The summed E-state index contributed by atoms with van der Waals surface area (Å²) in [5.74, 6) is 0.819. The first-order valence-electron chi connectivity index (χ1n) is 4.84. The van der Waals surface area contributed by atoms with Gasteiger partial charge in [0.2, 0.25) is 0 Å². The molecule has 3 heteroatoms. The molecule has 0 radical (unpaired) electrons. The average molecular weight is 194 g/mol. The van der Waals surface area contributed by atoms with E-state index < -0.39 is 6.10 Å². The van der Waals surface area contributed by atoms with Crippen LogP contribution in [0.4, 0.5) is 0 Å². The maximum atomic E-state index is 9.42. The highest BCUT2D eigenvalue weighted by atomic mass is 16.3. The van der Waals surface area contributed by atoms with Crippen LogP contribution >= 0.6 is 0 Å². The van der Waals surface area contributed by atoms with Crippen molar-refractivity contribution in [3.63, 3.8) is 0 Å². The van der Waals surface area contributed by atoms with Gasteiger partial charge in [-0.15, -0.1) is 0 Å². The Balaban J connectivity index is 3.13. The van der Waals surface area contributed by atoms with Crippen LogP contribution in [0, 0.1) is 6.92 Å². The summed E-state index contributed by atoms with van der Waals surface area (Å²) in [6.07, 6.45) is 1.22. The first-order valence-corrected chi connectivity index (χ1v) is 4.84. The van der Waals surface area contributed by atoms with Crippen LogP contribution in [0.5, 0.6) is 0 Å². The van der Waals surface area contributed by atoms with Crippen LogP contribution in [0.15, 0.2) is 6.20 Å². The lowest BCUT2D eigenvalue weighted by molar-refractivity contribution is 0.197. The lowest BCUT2D eigenvalue weighted by Crippen LogP contribution is -2.17. The molecule has 1 N–H and O–H groups in total. The minimum absolute atomic E-state index is 0.0397. The van der Waals surface area contributed by atoms with E-state index in [9.17, 15) is 5.11 Å². The van der Waals surface area contributed by atoms with Crippen LogP contribution in [-0.4, -0.2) is 15.1 Å². The minimum atomic E-state index is -0.496. The molecule has 0 aromatic carbocycles. The third-order valence-corrected chi connectivity index (χ3v) is 2.14. The van der Waals surface area contributed by atoms with Crippen molar-refractivity contribution in [2.75, 3.05) is 0 Å². The fourth-order valence-corrected chi connectivity index (χ4v) is 1.25. The number of aromatic nitrogens is 2. The Kier molecular flexibility index (Phi) is 2.90. The van der Waals surface area contributed by atoms with E-state index in [2.05, 4.69) is 30.7 Å². The summed E-state index contributed by atoms with van der Waals surface area (Å²) in [6.45, 7) is 9.85. The molecule has 0 aliphatic carbocycles. The molecule has 78 valence electrons. The molecule has 3 nitrogen and oxygen atoms in total. The molecule has 0 fully saturated rings. The third-order valence-electron chi connectivity index (χ3n) is 2.14. The Morgan fingerprint density at radius 3 is 2.29 bits per heavy atom. The third kappa shape index (κ3) is 2.29. The fourth-order valence-electron chi connectivity index (χ4n) is 1.25. The standard InChI is InChI=1S/C11H18N2O/c1-7-9(8(2)14)6-12-10(13-7)11(3,4)5/h6,8,14H,1-5H3. The number of nitrogens with zero attached hydrogens (tertiary/aromatic N) is 2. The molecule has 1 aromatic heterocycles. The fraction of sp³-hybridized carbons (Fsp3) is 0.636. The van der Waals surface area contributed by atoms with Gasteiger partial charge in [-0.05, 0) is 13.8 Å². The van der Waals surface area contributed by atoms with E-state index >= 15 is 0 Å². The molecule has 0 saturated carbocycles. The number of aliphatic hydroxyl groups excluding tert-OH is 1. The summed E-state index contributed by atoms with van der Waals surface area (Å²) < 4.78 is 0. The van der Waals surface area contributed by atoms with E-state index in [-0.39, 0.29) is 5.41 Å². The summed E-state index contributed by atoms with van der Waals surface area (Å²) in [5.41, 5.74) is 1.63. The smallest absolute Gasteiger partial charge is 0.133 e. The quantitative estimate of drug-likeness (QED) is 0.745. The predicted octanol–water partition coefficient (Wildman–Crippen LogP) is 2.14. The Morgan fingerprint density at radius 1 is 1.36 bits per heavy atom. The topological polar surface area (TPSA) is 46.0 Å². The summed E-state index contributed by atoms with van der Waals surface area (Å²) in [4.78, 5) is 8.66. The lowest BCUT2D eigenvalue weighted by Gasteiger charge is -2.18. The molecular weight excluding hydrogens is 176 g/mol. The van der Waals surface area contributed by atoms with Gasteiger partial charge in [0.05, 0.1) is 6.10 Å². The zero-order chi connectivity index (χ0) is 10.9. The molecular formula is C11H18N2O. The van der Waals surface area contributed by atoms with Crippen molar-refractivity contribution in [1.29, 1.82) is 0 Å². The normalized spacial score (nSPS) is 14.1. The Bertz CT molecular complexity index is 327. The van der Waals surface area contributed by atoms with Gasteiger partial charge in [-0.1, -0.05) is 20.8 Å². The van der Waals surface area contributed by atoms with Gasteiger partial charge in [-0.2, -0.15) is 0 Å². The monoisotopic (exact) mass is 194 g/mol. The zero-order valence-electron chi connectivity index (χ0n) is 9.50. The van der Waals surface area contributed by atoms with E-state index in [0.717, 1.165) is 17.1 Å². The number of hydrogen-bond acceptors (Lipinski definition) is 3. The van der Waals surface area contributed by atoms with Gasteiger partial charge in [0.15, 0.2) is 0 Å². The van der Waals surface area contributed by atoms with Crippen LogP contribution < -0.4 is 0 Å². The van der Waals surface area contributed by atoms with Crippen molar-refractivity contribution in [2.45, 2.75) is 46.1 Å². The number of rotatable bonds is 1. The zero-order valence-corrected chi connectivity index (χ0v) is 9.50. The van der Waals surface area contributed by atoms with Crippen LogP contribution in [0.25, 0.3) is 0 Å². The first-order chi connectivity index (χ1) is 6.32. The summed E-state index contributed by atoms with van der Waals surface area (Å²) >= 11 is 0. The van der Waals surface area contributed by atoms with E-state index in [4.69, 9.17) is 0 Å². The van der Waals surface area contributed by atoms with Crippen LogP contribution in [0.3, 0.4) is 0 Å². The van der Waals surface area contributed by atoms with Crippen LogP contribution in [0.1, 0.15) is 50.9 Å². The highest BCUT2D eigenvalue weighted by Crippen LogP contribution is 2.21. The van der Waals surface area contributed by atoms with E-state index in [1.807, 2.05) is 6.92 Å². The summed E-state index contributed by atoms with van der Waals surface area (Å²) in [6, 6.07) is 0. The summed E-state index contributed by atoms with van der Waals surface area (Å²) in [5, 5.41) is 9.42. The molecule has 0 spiro atoms. The van der Waals surface area contributed by atoms with E-state index in [1.54, 1.807) is 13.1 Å².